The third-order valence-electron chi connectivity index (χ3n) is 5.85. The highest BCUT2D eigenvalue weighted by Crippen LogP contribution is 2.56. The van der Waals surface area contributed by atoms with Crippen molar-refractivity contribution < 1.29 is 9.90 Å². The van der Waals surface area contributed by atoms with Crippen LogP contribution in [0.3, 0.4) is 0 Å². The average Bonchev–Trinajstić information content (AvgIpc) is 3.23. The zero-order valence-corrected chi connectivity index (χ0v) is 12.4. The van der Waals surface area contributed by atoms with Gasteiger partial charge < -0.3 is 15.7 Å². The van der Waals surface area contributed by atoms with Gasteiger partial charge in [-0.25, -0.2) is 4.79 Å². The first-order chi connectivity index (χ1) is 9.73. The maximum atomic E-state index is 12.1. The van der Waals surface area contributed by atoms with E-state index in [4.69, 9.17) is 0 Å². The molecule has 0 aromatic carbocycles. The summed E-state index contributed by atoms with van der Waals surface area (Å²) in [5.41, 5.74) is 0.431. The molecule has 0 heterocycles. The predicted octanol–water partition coefficient (Wildman–Crippen LogP) is 2.42. The lowest BCUT2D eigenvalue weighted by molar-refractivity contribution is 0.100. The molecule has 3 fully saturated rings. The van der Waals surface area contributed by atoms with E-state index >= 15 is 0 Å². The summed E-state index contributed by atoms with van der Waals surface area (Å²) >= 11 is 0. The molecule has 0 aromatic rings. The number of aliphatic hydroxyl groups excluding tert-OH is 1. The highest BCUT2D eigenvalue weighted by molar-refractivity contribution is 5.74. The minimum atomic E-state index is -0.0257. The lowest BCUT2D eigenvalue weighted by Gasteiger charge is -2.43. The number of aliphatic hydroxyl groups is 1. The van der Waals surface area contributed by atoms with E-state index in [9.17, 15) is 9.90 Å². The fraction of sp³-hybridized carbons (Fsp3) is 0.938. The van der Waals surface area contributed by atoms with Gasteiger partial charge in [0.05, 0.1) is 0 Å². The third-order valence-corrected chi connectivity index (χ3v) is 5.85. The summed E-state index contributed by atoms with van der Waals surface area (Å²) in [6, 6.07) is 0.134. The molecule has 4 heteroatoms. The van der Waals surface area contributed by atoms with E-state index < -0.39 is 0 Å². The van der Waals surface area contributed by atoms with Crippen molar-refractivity contribution in [1.29, 1.82) is 0 Å². The molecule has 3 rings (SSSR count). The number of amides is 2. The van der Waals surface area contributed by atoms with Gasteiger partial charge in [-0.15, -0.1) is 0 Å². The van der Waals surface area contributed by atoms with Crippen LogP contribution in [0.25, 0.3) is 0 Å². The van der Waals surface area contributed by atoms with Crippen molar-refractivity contribution >= 4 is 6.03 Å². The monoisotopic (exact) mass is 280 g/mol. The second-order valence-corrected chi connectivity index (χ2v) is 7.15. The maximum absolute atomic E-state index is 12.1. The molecular weight excluding hydrogens is 252 g/mol. The van der Waals surface area contributed by atoms with Crippen LogP contribution in [-0.4, -0.2) is 30.3 Å². The van der Waals surface area contributed by atoms with Gasteiger partial charge in [0.25, 0.3) is 0 Å². The number of nitrogens with one attached hydrogen (secondary N) is 2. The van der Waals surface area contributed by atoms with Crippen molar-refractivity contribution in [2.75, 3.05) is 13.2 Å². The number of hydrogen-bond acceptors (Lipinski definition) is 2. The summed E-state index contributed by atoms with van der Waals surface area (Å²) in [6.45, 7) is 1.04. The van der Waals surface area contributed by atoms with E-state index in [1.807, 2.05) is 0 Å². The largest absolute Gasteiger partial charge is 0.396 e. The molecule has 2 amide bonds. The highest BCUT2D eigenvalue weighted by Gasteiger charge is 2.48. The van der Waals surface area contributed by atoms with Gasteiger partial charge in [-0.2, -0.15) is 0 Å². The molecular formula is C16H28N2O2. The summed E-state index contributed by atoms with van der Waals surface area (Å²) in [6.07, 6.45) is 11.0. The lowest BCUT2D eigenvalue weighted by atomic mass is 9.65. The van der Waals surface area contributed by atoms with E-state index in [2.05, 4.69) is 10.6 Å². The zero-order valence-electron chi connectivity index (χ0n) is 12.4. The Morgan fingerprint density at radius 3 is 2.45 bits per heavy atom. The van der Waals surface area contributed by atoms with Crippen LogP contribution in [0.15, 0.2) is 0 Å². The van der Waals surface area contributed by atoms with E-state index in [0.29, 0.717) is 5.41 Å². The van der Waals surface area contributed by atoms with Gasteiger partial charge in [0, 0.05) is 25.1 Å². The minimum Gasteiger partial charge on any atom is -0.396 e. The molecule has 2 atom stereocenters. The first kappa shape index (κ1) is 14.2. The average molecular weight is 280 g/mol. The summed E-state index contributed by atoms with van der Waals surface area (Å²) in [4.78, 5) is 12.1. The maximum Gasteiger partial charge on any atom is 0.315 e. The van der Waals surface area contributed by atoms with Crippen molar-refractivity contribution in [3.8, 4) is 0 Å². The third kappa shape index (κ3) is 2.95. The Balaban J connectivity index is 1.44. The molecule has 0 radical (unpaired) electrons. The van der Waals surface area contributed by atoms with E-state index in [1.54, 1.807) is 0 Å². The number of carbonyl (C=O) groups is 1. The minimum absolute atomic E-state index is 0.0257. The van der Waals surface area contributed by atoms with Crippen LogP contribution in [0.1, 0.15) is 57.8 Å². The zero-order chi connectivity index (χ0) is 14.0. The smallest absolute Gasteiger partial charge is 0.315 e. The number of rotatable bonds is 5. The number of urea groups is 1. The molecule has 4 nitrogen and oxygen atoms in total. The van der Waals surface area contributed by atoms with Gasteiger partial charge in [-0.1, -0.05) is 19.3 Å². The van der Waals surface area contributed by atoms with Gasteiger partial charge in [0.1, 0.15) is 0 Å². The number of hydrogen-bond donors (Lipinski definition) is 3. The molecule has 3 N–H and O–H groups in total. The van der Waals surface area contributed by atoms with Crippen LogP contribution < -0.4 is 10.6 Å². The van der Waals surface area contributed by atoms with Crippen molar-refractivity contribution in [2.24, 2.45) is 17.3 Å². The fourth-order valence-corrected chi connectivity index (χ4v) is 4.15. The van der Waals surface area contributed by atoms with Crippen molar-refractivity contribution in [1.82, 2.24) is 10.6 Å². The standard InChI is InChI=1S/C16H28N2O2/c19-10-12-4-1-2-5-14(12)18-15(20)17-11-16(8-3-9-16)13-6-7-13/h12-14,19H,1-11H2,(H2,17,18,20). The van der Waals surface area contributed by atoms with Crippen LogP contribution in [0.2, 0.25) is 0 Å². The molecule has 0 aromatic heterocycles. The van der Waals surface area contributed by atoms with Crippen LogP contribution in [0.5, 0.6) is 0 Å². The van der Waals surface area contributed by atoms with Gasteiger partial charge in [-0.3, -0.25) is 0 Å². The first-order valence-electron chi connectivity index (χ1n) is 8.39. The van der Waals surface area contributed by atoms with Gasteiger partial charge in [0.15, 0.2) is 0 Å². The first-order valence-corrected chi connectivity index (χ1v) is 8.39. The molecule has 0 saturated heterocycles. The van der Waals surface area contributed by atoms with Crippen LogP contribution in [0, 0.1) is 17.3 Å². The molecule has 0 spiro atoms. The molecule has 3 saturated carbocycles. The second-order valence-electron chi connectivity index (χ2n) is 7.15. The Bertz CT molecular complexity index is 350. The Morgan fingerprint density at radius 1 is 1.10 bits per heavy atom. The second kappa shape index (κ2) is 5.92. The van der Waals surface area contributed by atoms with Crippen molar-refractivity contribution in [2.45, 2.75) is 63.8 Å². The Morgan fingerprint density at radius 2 is 1.85 bits per heavy atom. The van der Waals surface area contributed by atoms with Crippen LogP contribution in [-0.2, 0) is 0 Å². The topological polar surface area (TPSA) is 61.4 Å². The number of carbonyl (C=O) groups excluding carboxylic acids is 1. The summed E-state index contributed by atoms with van der Waals surface area (Å²) < 4.78 is 0. The summed E-state index contributed by atoms with van der Waals surface area (Å²) in [7, 11) is 0. The highest BCUT2D eigenvalue weighted by atomic mass is 16.3. The molecule has 20 heavy (non-hydrogen) atoms. The van der Waals surface area contributed by atoms with E-state index in [1.165, 1.54) is 38.5 Å². The SMILES string of the molecule is O=C(NCC1(C2CC2)CCC1)NC1CCCCC1CO. The van der Waals surface area contributed by atoms with Gasteiger partial charge >= 0.3 is 6.03 Å². The van der Waals surface area contributed by atoms with Crippen LogP contribution >= 0.6 is 0 Å². The predicted molar refractivity (Wildman–Crippen MR) is 78.4 cm³/mol. The molecule has 3 aliphatic carbocycles. The molecule has 114 valence electrons. The van der Waals surface area contributed by atoms with E-state index in [0.717, 1.165) is 31.7 Å². The molecule has 0 bridgehead atoms. The normalized spacial score (nSPS) is 32.2. The fourth-order valence-electron chi connectivity index (χ4n) is 4.15. The summed E-state index contributed by atoms with van der Waals surface area (Å²) in [5.74, 6) is 1.12. The Hall–Kier alpha value is -0.770. The lowest BCUT2D eigenvalue weighted by Crippen LogP contribution is -2.51. The van der Waals surface area contributed by atoms with E-state index in [-0.39, 0.29) is 24.6 Å². The molecule has 2 unspecified atom stereocenters. The van der Waals surface area contributed by atoms with Gasteiger partial charge in [-0.05, 0) is 49.9 Å². The quantitative estimate of drug-likeness (QED) is 0.724. The van der Waals surface area contributed by atoms with Gasteiger partial charge in [0.2, 0.25) is 0 Å². The molecule has 0 aliphatic heterocycles. The summed E-state index contributed by atoms with van der Waals surface area (Å²) in [5, 5.41) is 15.6. The van der Waals surface area contributed by atoms with Crippen molar-refractivity contribution in [3.63, 3.8) is 0 Å². The molecule has 3 aliphatic rings. The Kier molecular flexibility index (Phi) is 4.20. The Labute approximate surface area is 121 Å². The van der Waals surface area contributed by atoms with Crippen LogP contribution in [0.4, 0.5) is 4.79 Å². The van der Waals surface area contributed by atoms with Crippen molar-refractivity contribution in [3.05, 3.63) is 0 Å².